The summed E-state index contributed by atoms with van der Waals surface area (Å²) in [4.78, 5) is 24.2. The lowest BCUT2D eigenvalue weighted by Crippen LogP contribution is -2.49. The largest absolute Gasteiger partial charge is 0.573 e. The summed E-state index contributed by atoms with van der Waals surface area (Å²) < 4.78 is 41.8. The highest BCUT2D eigenvalue weighted by molar-refractivity contribution is 6.06. The van der Waals surface area contributed by atoms with E-state index in [1.54, 1.807) is 0 Å². The van der Waals surface area contributed by atoms with E-state index in [9.17, 15) is 22.8 Å². The van der Waals surface area contributed by atoms with Crippen molar-refractivity contribution in [3.63, 3.8) is 0 Å². The Labute approximate surface area is 131 Å². The number of urea groups is 1. The van der Waals surface area contributed by atoms with Crippen LogP contribution in [0.15, 0.2) is 18.2 Å². The van der Waals surface area contributed by atoms with Crippen molar-refractivity contribution in [1.82, 2.24) is 5.32 Å². The van der Waals surface area contributed by atoms with Crippen LogP contribution in [0.25, 0.3) is 0 Å². The van der Waals surface area contributed by atoms with Crippen LogP contribution in [0.2, 0.25) is 0 Å². The highest BCUT2D eigenvalue weighted by atomic mass is 19.4. The number of carbonyl (C=O) groups excluding carboxylic acids is 2. The molecule has 1 saturated heterocycles. The molecule has 0 radical (unpaired) electrons. The lowest BCUT2D eigenvalue weighted by molar-refractivity contribution is -0.274. The fourth-order valence-corrected chi connectivity index (χ4v) is 2.20. The zero-order chi connectivity index (χ0) is 17.4. The van der Waals surface area contributed by atoms with Crippen molar-refractivity contribution < 1.29 is 27.5 Å². The molecule has 126 valence electrons. The number of nitrogens with zero attached hydrogens (tertiary/aromatic N) is 1. The van der Waals surface area contributed by atoms with Gasteiger partial charge in [-0.15, -0.1) is 13.2 Å². The molecule has 0 spiro atoms. The standard InChI is InChI=1S/C15H17F3N2O3/c1-14(2,3)9-4-5-11(23-15(16,17)18)10(8-9)20-7-6-12(21)19-13(20)22/h4-5,8H,6-7H2,1-3H3,(H,19,21,22). The summed E-state index contributed by atoms with van der Waals surface area (Å²) in [7, 11) is 0. The molecule has 2 rings (SSSR count). The van der Waals surface area contributed by atoms with Gasteiger partial charge in [-0.05, 0) is 23.1 Å². The van der Waals surface area contributed by atoms with Gasteiger partial charge in [0, 0.05) is 13.0 Å². The smallest absolute Gasteiger partial charge is 0.404 e. The fraction of sp³-hybridized carbons (Fsp3) is 0.467. The molecule has 1 aromatic rings. The van der Waals surface area contributed by atoms with Crippen LogP contribution in [0, 0.1) is 0 Å². The van der Waals surface area contributed by atoms with E-state index in [-0.39, 0.29) is 24.1 Å². The first kappa shape index (κ1) is 17.1. The molecular formula is C15H17F3N2O3. The third-order valence-corrected chi connectivity index (χ3v) is 3.40. The van der Waals surface area contributed by atoms with Crippen LogP contribution < -0.4 is 15.0 Å². The second-order valence-electron chi connectivity index (χ2n) is 6.24. The molecule has 0 bridgehead atoms. The number of imide groups is 1. The SMILES string of the molecule is CC(C)(C)c1ccc(OC(F)(F)F)c(N2CCC(=O)NC2=O)c1. The lowest BCUT2D eigenvalue weighted by atomic mass is 9.86. The van der Waals surface area contributed by atoms with Crippen molar-refractivity contribution in [3.8, 4) is 5.75 Å². The molecule has 0 saturated carbocycles. The van der Waals surface area contributed by atoms with Gasteiger partial charge in [0.05, 0.1) is 5.69 Å². The van der Waals surface area contributed by atoms with E-state index in [2.05, 4.69) is 10.1 Å². The minimum absolute atomic E-state index is 0.00746. The highest BCUT2D eigenvalue weighted by Gasteiger charge is 2.35. The monoisotopic (exact) mass is 330 g/mol. The molecule has 1 aliphatic heterocycles. The molecule has 0 atom stereocenters. The van der Waals surface area contributed by atoms with Crippen LogP contribution in [0.5, 0.6) is 5.75 Å². The first-order valence-corrected chi connectivity index (χ1v) is 6.99. The molecule has 1 aliphatic rings. The van der Waals surface area contributed by atoms with Gasteiger partial charge in [0.25, 0.3) is 0 Å². The normalized spacial score (nSPS) is 16.3. The summed E-state index contributed by atoms with van der Waals surface area (Å²) >= 11 is 0. The summed E-state index contributed by atoms with van der Waals surface area (Å²) in [6.45, 7) is 5.69. The maximum absolute atomic E-state index is 12.6. The molecule has 1 fully saturated rings. The summed E-state index contributed by atoms with van der Waals surface area (Å²) in [5, 5.41) is 2.09. The van der Waals surface area contributed by atoms with Gasteiger partial charge < -0.3 is 4.74 Å². The molecule has 0 aromatic heterocycles. The predicted molar refractivity (Wildman–Crippen MR) is 77.3 cm³/mol. The average Bonchev–Trinajstić information content (AvgIpc) is 2.36. The fourth-order valence-electron chi connectivity index (χ4n) is 2.20. The molecule has 1 N–H and O–H groups in total. The molecule has 0 unspecified atom stereocenters. The summed E-state index contributed by atoms with van der Waals surface area (Å²) in [6.07, 6.45) is -4.86. The van der Waals surface area contributed by atoms with E-state index in [0.717, 1.165) is 10.5 Å². The van der Waals surface area contributed by atoms with Crippen LogP contribution in [0.4, 0.5) is 23.7 Å². The van der Waals surface area contributed by atoms with E-state index >= 15 is 0 Å². The number of halogens is 3. The molecule has 8 heteroatoms. The second kappa shape index (κ2) is 5.75. The quantitative estimate of drug-likeness (QED) is 0.905. The third kappa shape index (κ3) is 4.14. The van der Waals surface area contributed by atoms with Crippen LogP contribution in [-0.4, -0.2) is 24.8 Å². The first-order chi connectivity index (χ1) is 10.5. The summed E-state index contributed by atoms with van der Waals surface area (Å²) in [5.74, 6) is -0.938. The third-order valence-electron chi connectivity index (χ3n) is 3.40. The van der Waals surface area contributed by atoms with E-state index in [0.29, 0.717) is 0 Å². The number of benzene rings is 1. The van der Waals surface area contributed by atoms with Crippen molar-refractivity contribution in [2.24, 2.45) is 0 Å². The number of nitrogens with one attached hydrogen (secondary N) is 1. The predicted octanol–water partition coefficient (Wildman–Crippen LogP) is 3.33. The zero-order valence-corrected chi connectivity index (χ0v) is 13.0. The minimum atomic E-state index is -4.87. The van der Waals surface area contributed by atoms with Gasteiger partial charge in [-0.1, -0.05) is 26.8 Å². The summed E-state index contributed by atoms with van der Waals surface area (Å²) in [6, 6.07) is 3.43. The van der Waals surface area contributed by atoms with Crippen molar-refractivity contribution >= 4 is 17.6 Å². The van der Waals surface area contributed by atoms with Crippen molar-refractivity contribution in [2.75, 3.05) is 11.4 Å². The lowest BCUT2D eigenvalue weighted by Gasteiger charge is -2.30. The number of hydrogen-bond donors (Lipinski definition) is 1. The van der Waals surface area contributed by atoms with Gasteiger partial charge in [0.1, 0.15) is 0 Å². The number of rotatable bonds is 2. The Morgan fingerprint density at radius 2 is 1.83 bits per heavy atom. The zero-order valence-electron chi connectivity index (χ0n) is 13.0. The van der Waals surface area contributed by atoms with E-state index in [1.807, 2.05) is 20.8 Å². The first-order valence-electron chi connectivity index (χ1n) is 6.99. The molecule has 1 heterocycles. The summed E-state index contributed by atoms with van der Waals surface area (Å²) in [5.41, 5.74) is 0.402. The molecule has 0 aliphatic carbocycles. The number of anilines is 1. The van der Waals surface area contributed by atoms with Crippen LogP contribution >= 0.6 is 0 Å². The molecule has 23 heavy (non-hydrogen) atoms. The van der Waals surface area contributed by atoms with Crippen molar-refractivity contribution in [2.45, 2.75) is 39.0 Å². The van der Waals surface area contributed by atoms with Crippen molar-refractivity contribution in [1.29, 1.82) is 0 Å². The topological polar surface area (TPSA) is 58.6 Å². The number of ether oxygens (including phenoxy) is 1. The van der Waals surface area contributed by atoms with Gasteiger partial charge in [-0.2, -0.15) is 0 Å². The maximum Gasteiger partial charge on any atom is 0.573 e. The molecule has 1 aromatic carbocycles. The second-order valence-corrected chi connectivity index (χ2v) is 6.24. The van der Waals surface area contributed by atoms with Gasteiger partial charge in [-0.3, -0.25) is 15.0 Å². The average molecular weight is 330 g/mol. The molecule has 3 amide bonds. The Morgan fingerprint density at radius 3 is 2.35 bits per heavy atom. The number of carbonyl (C=O) groups is 2. The van der Waals surface area contributed by atoms with E-state index in [1.165, 1.54) is 18.2 Å². The van der Waals surface area contributed by atoms with E-state index < -0.39 is 24.1 Å². The molecular weight excluding hydrogens is 313 g/mol. The minimum Gasteiger partial charge on any atom is -0.404 e. The Balaban J connectivity index is 2.48. The number of hydrogen-bond acceptors (Lipinski definition) is 3. The Kier molecular flexibility index (Phi) is 4.28. The Bertz CT molecular complexity index is 636. The maximum atomic E-state index is 12.6. The van der Waals surface area contributed by atoms with Crippen LogP contribution in [0.1, 0.15) is 32.8 Å². The van der Waals surface area contributed by atoms with Gasteiger partial charge in [0.2, 0.25) is 5.91 Å². The van der Waals surface area contributed by atoms with Gasteiger partial charge >= 0.3 is 12.4 Å². The molecule has 5 nitrogen and oxygen atoms in total. The Hall–Kier alpha value is -2.25. The van der Waals surface area contributed by atoms with Crippen LogP contribution in [-0.2, 0) is 10.2 Å². The number of alkyl halides is 3. The van der Waals surface area contributed by atoms with Crippen LogP contribution in [0.3, 0.4) is 0 Å². The van der Waals surface area contributed by atoms with Gasteiger partial charge in [-0.25, -0.2) is 4.79 Å². The highest BCUT2D eigenvalue weighted by Crippen LogP contribution is 2.37. The number of amides is 3. The Morgan fingerprint density at radius 1 is 1.17 bits per heavy atom. The van der Waals surface area contributed by atoms with E-state index in [4.69, 9.17) is 0 Å². The van der Waals surface area contributed by atoms with Crippen molar-refractivity contribution in [3.05, 3.63) is 23.8 Å². The van der Waals surface area contributed by atoms with Gasteiger partial charge in [0.15, 0.2) is 5.75 Å².